The monoisotopic (exact) mass is 392 g/mol. The van der Waals surface area contributed by atoms with E-state index in [1.54, 1.807) is 0 Å². The van der Waals surface area contributed by atoms with Gasteiger partial charge in [-0.2, -0.15) is 0 Å². The second kappa shape index (κ2) is 11.9. The fraction of sp³-hybridized carbons (Fsp3) is 0.696. The van der Waals surface area contributed by atoms with Gasteiger partial charge in [-0.1, -0.05) is 51.7 Å². The molecule has 1 aromatic carbocycles. The van der Waals surface area contributed by atoms with Gasteiger partial charge in [-0.15, -0.1) is 0 Å². The fourth-order valence-corrected chi connectivity index (χ4v) is 3.53. The Bertz CT molecular complexity index is 561. The van der Waals surface area contributed by atoms with Crippen LogP contribution >= 0.6 is 0 Å². The maximum atomic E-state index is 11.8. The van der Waals surface area contributed by atoms with Crippen molar-refractivity contribution in [3.05, 3.63) is 29.8 Å². The highest BCUT2D eigenvalue weighted by Gasteiger charge is 2.36. The molecule has 1 aliphatic rings. The van der Waals surface area contributed by atoms with Gasteiger partial charge in [0.25, 0.3) is 0 Å². The van der Waals surface area contributed by atoms with Crippen LogP contribution < -0.4 is 4.74 Å². The van der Waals surface area contributed by atoms with Crippen LogP contribution in [-0.4, -0.2) is 30.6 Å². The molecule has 0 aliphatic heterocycles. The molecule has 0 spiro atoms. The van der Waals surface area contributed by atoms with Crippen molar-refractivity contribution in [1.82, 2.24) is 0 Å². The standard InChI is InChI=1S/C23H36O5/c1-3-5-7-8-18-27-22(24)28-21-13-15-23(25,16-14-21)19-9-11-20(12-10-19)26-17-6-4-2/h9-12,21,25H,3-8,13-18H2,1-2H3. The van der Waals surface area contributed by atoms with Gasteiger partial charge in [0.2, 0.25) is 0 Å². The van der Waals surface area contributed by atoms with Crippen molar-refractivity contribution in [3.8, 4) is 5.75 Å². The number of hydrogen-bond donors (Lipinski definition) is 1. The molecule has 0 saturated heterocycles. The molecule has 28 heavy (non-hydrogen) atoms. The van der Waals surface area contributed by atoms with Crippen LogP contribution in [0.5, 0.6) is 5.75 Å². The number of ether oxygens (including phenoxy) is 3. The Morgan fingerprint density at radius 2 is 1.68 bits per heavy atom. The molecule has 2 rings (SSSR count). The van der Waals surface area contributed by atoms with E-state index < -0.39 is 11.8 Å². The number of carbonyl (C=O) groups is 1. The van der Waals surface area contributed by atoms with E-state index in [9.17, 15) is 9.90 Å². The minimum atomic E-state index is -0.869. The van der Waals surface area contributed by atoms with E-state index in [-0.39, 0.29) is 6.10 Å². The number of hydrogen-bond acceptors (Lipinski definition) is 5. The van der Waals surface area contributed by atoms with Gasteiger partial charge in [-0.3, -0.25) is 0 Å². The Morgan fingerprint density at radius 3 is 2.32 bits per heavy atom. The van der Waals surface area contributed by atoms with Crippen LogP contribution in [0.4, 0.5) is 4.79 Å². The smallest absolute Gasteiger partial charge is 0.494 e. The summed E-state index contributed by atoms with van der Waals surface area (Å²) in [5.41, 5.74) is 0.0265. The van der Waals surface area contributed by atoms with Crippen LogP contribution in [0.1, 0.15) is 83.6 Å². The molecule has 0 heterocycles. The molecule has 0 atom stereocenters. The minimum Gasteiger partial charge on any atom is -0.494 e. The molecular weight excluding hydrogens is 356 g/mol. The third-order valence-corrected chi connectivity index (χ3v) is 5.40. The second-order valence-electron chi connectivity index (χ2n) is 7.73. The molecule has 0 radical (unpaired) electrons. The van der Waals surface area contributed by atoms with Crippen molar-refractivity contribution in [1.29, 1.82) is 0 Å². The number of carbonyl (C=O) groups excluding carboxylic acids is 1. The van der Waals surface area contributed by atoms with Gasteiger partial charge < -0.3 is 19.3 Å². The van der Waals surface area contributed by atoms with Crippen molar-refractivity contribution in [2.45, 2.75) is 89.8 Å². The fourth-order valence-electron chi connectivity index (χ4n) is 3.53. The summed E-state index contributed by atoms with van der Waals surface area (Å²) in [6, 6.07) is 7.71. The van der Waals surface area contributed by atoms with Crippen molar-refractivity contribution >= 4 is 6.16 Å². The van der Waals surface area contributed by atoms with E-state index in [2.05, 4.69) is 13.8 Å². The lowest BCUT2D eigenvalue weighted by Gasteiger charge is -2.36. The molecule has 0 bridgehead atoms. The summed E-state index contributed by atoms with van der Waals surface area (Å²) in [6.45, 7) is 5.42. The lowest BCUT2D eigenvalue weighted by atomic mass is 9.78. The van der Waals surface area contributed by atoms with Crippen molar-refractivity contribution < 1.29 is 24.1 Å². The maximum absolute atomic E-state index is 11.8. The van der Waals surface area contributed by atoms with E-state index in [0.717, 1.165) is 49.8 Å². The van der Waals surface area contributed by atoms with Crippen LogP contribution in [0.3, 0.4) is 0 Å². The molecule has 5 nitrogen and oxygen atoms in total. The highest BCUT2D eigenvalue weighted by atomic mass is 16.7. The first-order valence-electron chi connectivity index (χ1n) is 10.9. The summed E-state index contributed by atoms with van der Waals surface area (Å²) in [4.78, 5) is 11.8. The Balaban J connectivity index is 1.73. The summed E-state index contributed by atoms with van der Waals surface area (Å²) in [6.07, 6.45) is 8.05. The normalized spacial score (nSPS) is 21.9. The maximum Gasteiger partial charge on any atom is 0.508 e. The summed E-state index contributed by atoms with van der Waals surface area (Å²) in [5, 5.41) is 11.0. The molecule has 0 amide bonds. The quantitative estimate of drug-likeness (QED) is 0.385. The topological polar surface area (TPSA) is 65.0 Å². The van der Waals surface area contributed by atoms with E-state index in [4.69, 9.17) is 14.2 Å². The van der Waals surface area contributed by atoms with Gasteiger partial charge in [0.15, 0.2) is 0 Å². The van der Waals surface area contributed by atoms with Crippen LogP contribution in [0.2, 0.25) is 0 Å². The molecule has 1 saturated carbocycles. The Morgan fingerprint density at radius 1 is 1.00 bits per heavy atom. The van der Waals surface area contributed by atoms with E-state index in [1.165, 1.54) is 0 Å². The third-order valence-electron chi connectivity index (χ3n) is 5.40. The molecule has 5 heteroatoms. The predicted octanol–water partition coefficient (Wildman–Crippen LogP) is 5.73. The summed E-state index contributed by atoms with van der Waals surface area (Å²) >= 11 is 0. The SMILES string of the molecule is CCCCCCOC(=O)OC1CCC(O)(c2ccc(OCCCC)cc2)CC1. The molecule has 1 N–H and O–H groups in total. The lowest BCUT2D eigenvalue weighted by molar-refractivity contribution is -0.0538. The molecular formula is C23H36O5. The lowest BCUT2D eigenvalue weighted by Crippen LogP contribution is -2.35. The average molecular weight is 393 g/mol. The van der Waals surface area contributed by atoms with Crippen molar-refractivity contribution in [2.24, 2.45) is 0 Å². The first-order chi connectivity index (χ1) is 13.6. The zero-order chi connectivity index (χ0) is 20.2. The van der Waals surface area contributed by atoms with E-state index in [0.29, 0.717) is 38.9 Å². The first kappa shape index (κ1) is 22.5. The van der Waals surface area contributed by atoms with Crippen LogP contribution in [-0.2, 0) is 15.1 Å². The Labute approximate surface area is 169 Å². The Hall–Kier alpha value is -1.75. The van der Waals surface area contributed by atoms with Gasteiger partial charge in [0.05, 0.1) is 18.8 Å². The van der Waals surface area contributed by atoms with Crippen molar-refractivity contribution in [2.75, 3.05) is 13.2 Å². The predicted molar refractivity (Wildman–Crippen MR) is 110 cm³/mol. The van der Waals surface area contributed by atoms with Crippen molar-refractivity contribution in [3.63, 3.8) is 0 Å². The molecule has 0 unspecified atom stereocenters. The second-order valence-corrected chi connectivity index (χ2v) is 7.73. The summed E-state index contributed by atoms with van der Waals surface area (Å²) in [5.74, 6) is 0.833. The molecule has 0 aromatic heterocycles. The largest absolute Gasteiger partial charge is 0.508 e. The molecule has 1 fully saturated rings. The highest BCUT2D eigenvalue weighted by molar-refractivity contribution is 5.60. The zero-order valence-corrected chi connectivity index (χ0v) is 17.5. The van der Waals surface area contributed by atoms with Crippen LogP contribution in [0.15, 0.2) is 24.3 Å². The van der Waals surface area contributed by atoms with E-state index >= 15 is 0 Å². The summed E-state index contributed by atoms with van der Waals surface area (Å²) in [7, 11) is 0. The average Bonchev–Trinajstić information content (AvgIpc) is 2.70. The zero-order valence-electron chi connectivity index (χ0n) is 17.5. The molecule has 1 aromatic rings. The number of aliphatic hydroxyl groups is 1. The number of benzene rings is 1. The van der Waals surface area contributed by atoms with Gasteiger partial charge in [-0.05, 0) is 56.2 Å². The molecule has 158 valence electrons. The van der Waals surface area contributed by atoms with Gasteiger partial charge in [-0.25, -0.2) is 4.79 Å². The van der Waals surface area contributed by atoms with Crippen LogP contribution in [0, 0.1) is 0 Å². The van der Waals surface area contributed by atoms with Gasteiger partial charge in [0.1, 0.15) is 11.9 Å². The van der Waals surface area contributed by atoms with Gasteiger partial charge >= 0.3 is 6.16 Å². The number of unbranched alkanes of at least 4 members (excludes halogenated alkanes) is 4. The summed E-state index contributed by atoms with van der Waals surface area (Å²) < 4.78 is 16.2. The van der Waals surface area contributed by atoms with Crippen LogP contribution in [0.25, 0.3) is 0 Å². The highest BCUT2D eigenvalue weighted by Crippen LogP contribution is 2.38. The third kappa shape index (κ3) is 7.34. The van der Waals surface area contributed by atoms with Gasteiger partial charge in [0, 0.05) is 0 Å². The minimum absolute atomic E-state index is 0.180. The first-order valence-corrected chi connectivity index (χ1v) is 10.9. The Kier molecular flexibility index (Phi) is 9.62. The number of rotatable bonds is 11. The van der Waals surface area contributed by atoms with E-state index in [1.807, 2.05) is 24.3 Å². The molecule has 1 aliphatic carbocycles.